The van der Waals surface area contributed by atoms with Gasteiger partial charge >= 0.3 is 0 Å². The van der Waals surface area contributed by atoms with Gasteiger partial charge in [-0.2, -0.15) is 0 Å². The number of halogens is 1. The molecule has 116 valence electrons. The van der Waals surface area contributed by atoms with Crippen LogP contribution >= 0.6 is 11.6 Å². The summed E-state index contributed by atoms with van der Waals surface area (Å²) in [6.07, 6.45) is 0. The molecule has 0 saturated carbocycles. The molecule has 0 bridgehead atoms. The van der Waals surface area contributed by atoms with Crippen LogP contribution in [0.2, 0.25) is 5.15 Å². The van der Waals surface area contributed by atoms with Crippen LogP contribution in [0.25, 0.3) is 22.0 Å². The van der Waals surface area contributed by atoms with Crippen LogP contribution in [0.4, 0.5) is 0 Å². The molecule has 1 aliphatic carbocycles. The predicted molar refractivity (Wildman–Crippen MR) is 98.4 cm³/mol. The fourth-order valence-corrected chi connectivity index (χ4v) is 4.54. The molecule has 1 aromatic heterocycles. The van der Waals surface area contributed by atoms with Crippen molar-refractivity contribution in [2.24, 2.45) is 0 Å². The van der Waals surface area contributed by atoms with E-state index >= 15 is 0 Å². The summed E-state index contributed by atoms with van der Waals surface area (Å²) >= 11 is 6.64. The molecule has 0 atom stereocenters. The molecule has 1 aliphatic rings. The van der Waals surface area contributed by atoms with Gasteiger partial charge in [-0.05, 0) is 34.2 Å². The van der Waals surface area contributed by atoms with Crippen molar-refractivity contribution in [1.82, 2.24) is 4.98 Å². The molecule has 0 aliphatic heterocycles. The van der Waals surface area contributed by atoms with E-state index in [1.54, 1.807) is 0 Å². The maximum atomic E-state index is 6.64. The van der Waals surface area contributed by atoms with Crippen molar-refractivity contribution >= 4 is 22.5 Å². The lowest BCUT2D eigenvalue weighted by Gasteiger charge is -2.26. The van der Waals surface area contributed by atoms with Gasteiger partial charge in [-0.15, -0.1) is 0 Å². The van der Waals surface area contributed by atoms with Crippen LogP contribution in [0, 0.1) is 0 Å². The normalized spacial score (nSPS) is 15.0. The molecule has 0 N–H and O–H groups in total. The Balaban J connectivity index is 2.21. The fourth-order valence-electron chi connectivity index (χ4n) is 4.11. The standard InChI is InChI=1S/C21H20ClN/c1-12(2)13-9-7-10-15-17-14-8-5-6-11-16(14)23-20(22)19(17)21(3,4)18(13)15/h5-12H,1-4H3. The van der Waals surface area contributed by atoms with Gasteiger partial charge in [0.2, 0.25) is 0 Å². The van der Waals surface area contributed by atoms with Crippen LogP contribution in [0.15, 0.2) is 42.5 Å². The van der Waals surface area contributed by atoms with E-state index in [4.69, 9.17) is 11.6 Å². The highest BCUT2D eigenvalue weighted by Crippen LogP contribution is 2.54. The van der Waals surface area contributed by atoms with E-state index in [1.165, 1.54) is 33.2 Å². The fraction of sp³-hybridized carbons (Fsp3) is 0.286. The second kappa shape index (κ2) is 4.82. The Kier molecular flexibility index (Phi) is 3.08. The zero-order chi connectivity index (χ0) is 16.4. The minimum atomic E-state index is -0.125. The summed E-state index contributed by atoms with van der Waals surface area (Å²) in [6, 6.07) is 14.9. The Morgan fingerprint density at radius 3 is 2.43 bits per heavy atom. The Hall–Kier alpha value is -1.86. The van der Waals surface area contributed by atoms with E-state index in [0.717, 1.165) is 5.52 Å². The van der Waals surface area contributed by atoms with Crippen molar-refractivity contribution in [3.8, 4) is 11.1 Å². The number of pyridine rings is 1. The van der Waals surface area contributed by atoms with Gasteiger partial charge in [0.1, 0.15) is 5.15 Å². The molecule has 0 fully saturated rings. The topological polar surface area (TPSA) is 12.9 Å². The largest absolute Gasteiger partial charge is 0.236 e. The molecule has 2 heteroatoms. The van der Waals surface area contributed by atoms with E-state index in [9.17, 15) is 0 Å². The summed E-state index contributed by atoms with van der Waals surface area (Å²) in [5.41, 5.74) is 7.41. The molecule has 0 unspecified atom stereocenters. The first-order valence-electron chi connectivity index (χ1n) is 8.15. The van der Waals surface area contributed by atoms with E-state index in [1.807, 2.05) is 12.1 Å². The molecule has 4 rings (SSSR count). The number of fused-ring (bicyclic) bond motifs is 5. The van der Waals surface area contributed by atoms with Crippen molar-refractivity contribution in [3.05, 3.63) is 64.3 Å². The summed E-state index contributed by atoms with van der Waals surface area (Å²) in [4.78, 5) is 4.67. The summed E-state index contributed by atoms with van der Waals surface area (Å²) < 4.78 is 0. The smallest absolute Gasteiger partial charge is 0.134 e. The second-order valence-electron chi connectivity index (χ2n) is 7.22. The predicted octanol–water partition coefficient (Wildman–Crippen LogP) is 6.32. The first kappa shape index (κ1) is 14.7. The van der Waals surface area contributed by atoms with Crippen LogP contribution in [-0.2, 0) is 5.41 Å². The van der Waals surface area contributed by atoms with Gasteiger partial charge in [0.25, 0.3) is 0 Å². The Labute approximate surface area is 142 Å². The quantitative estimate of drug-likeness (QED) is 0.478. The third-order valence-corrected chi connectivity index (χ3v) is 5.36. The average molecular weight is 322 g/mol. The molecule has 0 radical (unpaired) electrons. The van der Waals surface area contributed by atoms with Crippen LogP contribution < -0.4 is 0 Å². The van der Waals surface area contributed by atoms with Crippen LogP contribution in [-0.4, -0.2) is 4.98 Å². The maximum Gasteiger partial charge on any atom is 0.134 e. The number of nitrogens with zero attached hydrogens (tertiary/aromatic N) is 1. The second-order valence-corrected chi connectivity index (χ2v) is 7.58. The Morgan fingerprint density at radius 1 is 0.957 bits per heavy atom. The maximum absolute atomic E-state index is 6.64. The molecule has 0 amide bonds. The molecular weight excluding hydrogens is 302 g/mol. The summed E-state index contributed by atoms with van der Waals surface area (Å²) in [6.45, 7) is 9.05. The third kappa shape index (κ3) is 1.89. The van der Waals surface area contributed by atoms with Crippen molar-refractivity contribution in [1.29, 1.82) is 0 Å². The van der Waals surface area contributed by atoms with Crippen LogP contribution in [0.3, 0.4) is 0 Å². The van der Waals surface area contributed by atoms with Gasteiger partial charge < -0.3 is 0 Å². The van der Waals surface area contributed by atoms with Crippen molar-refractivity contribution in [2.75, 3.05) is 0 Å². The van der Waals surface area contributed by atoms with Crippen molar-refractivity contribution in [3.63, 3.8) is 0 Å². The van der Waals surface area contributed by atoms with Gasteiger partial charge in [-0.25, -0.2) is 4.98 Å². The lowest BCUT2D eigenvalue weighted by atomic mass is 9.78. The van der Waals surface area contributed by atoms with E-state index < -0.39 is 0 Å². The van der Waals surface area contributed by atoms with Crippen LogP contribution in [0.5, 0.6) is 0 Å². The number of benzene rings is 2. The van der Waals surface area contributed by atoms with E-state index in [-0.39, 0.29) is 5.41 Å². The molecule has 0 spiro atoms. The lowest BCUT2D eigenvalue weighted by molar-refractivity contribution is 0.641. The minimum Gasteiger partial charge on any atom is -0.236 e. The minimum absolute atomic E-state index is 0.125. The summed E-state index contributed by atoms with van der Waals surface area (Å²) in [7, 11) is 0. The Morgan fingerprint density at radius 2 is 1.70 bits per heavy atom. The number of hydrogen-bond donors (Lipinski definition) is 0. The highest BCUT2D eigenvalue weighted by molar-refractivity contribution is 6.32. The monoisotopic (exact) mass is 321 g/mol. The van der Waals surface area contributed by atoms with Gasteiger partial charge in [0.05, 0.1) is 5.52 Å². The molecule has 0 saturated heterocycles. The lowest BCUT2D eigenvalue weighted by Crippen LogP contribution is -2.18. The molecule has 3 aromatic rings. The first-order chi connectivity index (χ1) is 10.9. The van der Waals surface area contributed by atoms with Crippen molar-refractivity contribution < 1.29 is 0 Å². The first-order valence-corrected chi connectivity index (χ1v) is 8.53. The van der Waals surface area contributed by atoms with Gasteiger partial charge in [-0.1, -0.05) is 75.7 Å². The molecule has 2 aromatic carbocycles. The number of rotatable bonds is 1. The van der Waals surface area contributed by atoms with Crippen molar-refractivity contribution in [2.45, 2.75) is 39.0 Å². The molecule has 1 nitrogen and oxygen atoms in total. The highest BCUT2D eigenvalue weighted by atomic mass is 35.5. The average Bonchev–Trinajstić information content (AvgIpc) is 2.76. The van der Waals surface area contributed by atoms with Gasteiger partial charge in [-0.3, -0.25) is 0 Å². The Bertz CT molecular complexity index is 938. The SMILES string of the molecule is CC(C)c1cccc2c1C(C)(C)c1c(Cl)nc3ccccc3c1-2. The van der Waals surface area contributed by atoms with Gasteiger partial charge in [0.15, 0.2) is 0 Å². The third-order valence-electron chi connectivity index (χ3n) is 5.09. The van der Waals surface area contributed by atoms with E-state index in [2.05, 4.69) is 63.0 Å². The van der Waals surface area contributed by atoms with Gasteiger partial charge in [0, 0.05) is 16.4 Å². The zero-order valence-corrected chi connectivity index (χ0v) is 14.7. The highest BCUT2D eigenvalue weighted by Gasteiger charge is 2.40. The molecule has 23 heavy (non-hydrogen) atoms. The van der Waals surface area contributed by atoms with Crippen LogP contribution in [0.1, 0.15) is 50.3 Å². The van der Waals surface area contributed by atoms with E-state index in [0.29, 0.717) is 11.1 Å². The zero-order valence-electron chi connectivity index (χ0n) is 13.9. The number of hydrogen-bond acceptors (Lipinski definition) is 1. The summed E-state index contributed by atoms with van der Waals surface area (Å²) in [5, 5.41) is 1.83. The molecular formula is C21H20ClN. The molecule has 1 heterocycles. The number of para-hydroxylation sites is 1. The number of aromatic nitrogens is 1. The summed E-state index contributed by atoms with van der Waals surface area (Å²) in [5.74, 6) is 0.483.